The van der Waals surface area contributed by atoms with Crippen molar-refractivity contribution in [1.29, 1.82) is 0 Å². The second-order valence-electron chi connectivity index (χ2n) is 9.97. The Bertz CT molecular complexity index is 1750. The normalized spacial score (nSPS) is 13.6. The Morgan fingerprint density at radius 2 is 0.907 bits per heavy atom. The summed E-state index contributed by atoms with van der Waals surface area (Å²) in [5, 5.41) is 0. The molecule has 2 aliphatic heterocycles. The minimum atomic E-state index is -0.640. The van der Waals surface area contributed by atoms with Crippen molar-refractivity contribution in [2.75, 3.05) is 7.11 Å². The molecule has 0 fully saturated rings. The predicted molar refractivity (Wildman–Crippen MR) is 163 cm³/mol. The topological polar surface area (TPSA) is 63.2 Å². The molecule has 5 aromatic rings. The zero-order valence-electron chi connectivity index (χ0n) is 23.2. The fourth-order valence-electron chi connectivity index (χ4n) is 5.20. The van der Waals surface area contributed by atoms with Gasteiger partial charge in [-0.15, -0.1) is 0 Å². The standard InChI is InChI=1S/C37H26O6/c1-39-37(38)27-22-20-24(21-23-27)32(35-33(25-12-4-2-5-13-25)40-28-16-8-10-18-30(28)42-35)36-34(26-14-6-3-7-15-26)41-29-17-9-11-19-31(29)43-36/h2-23,32H,1H3. The van der Waals surface area contributed by atoms with Crippen molar-refractivity contribution in [3.8, 4) is 23.0 Å². The summed E-state index contributed by atoms with van der Waals surface area (Å²) in [5.41, 5.74) is 2.90. The zero-order valence-corrected chi connectivity index (χ0v) is 23.2. The number of benzene rings is 5. The lowest BCUT2D eigenvalue weighted by atomic mass is 9.89. The van der Waals surface area contributed by atoms with E-state index in [-0.39, 0.29) is 0 Å². The van der Waals surface area contributed by atoms with Crippen LogP contribution >= 0.6 is 0 Å². The van der Waals surface area contributed by atoms with Gasteiger partial charge in [0.2, 0.25) is 0 Å². The van der Waals surface area contributed by atoms with Gasteiger partial charge in [-0.25, -0.2) is 4.79 Å². The summed E-state index contributed by atoms with van der Waals surface area (Å²) in [5.74, 6) is 3.42. The highest BCUT2D eigenvalue weighted by Crippen LogP contribution is 2.49. The molecule has 0 saturated heterocycles. The molecule has 0 aromatic heterocycles. The van der Waals surface area contributed by atoms with Crippen molar-refractivity contribution in [2.45, 2.75) is 5.92 Å². The van der Waals surface area contributed by atoms with E-state index >= 15 is 0 Å². The fourth-order valence-corrected chi connectivity index (χ4v) is 5.20. The molecule has 210 valence electrons. The SMILES string of the molecule is COC(=O)c1ccc(C(C2=C(c3ccccc3)Oc3ccccc3O2)C2=C(c3ccccc3)Oc3ccccc3O2)cc1. The first-order valence-corrected chi connectivity index (χ1v) is 13.9. The molecule has 0 saturated carbocycles. The molecule has 6 heteroatoms. The maximum Gasteiger partial charge on any atom is 0.337 e. The van der Waals surface area contributed by atoms with Crippen LogP contribution in [0.15, 0.2) is 145 Å². The van der Waals surface area contributed by atoms with Crippen molar-refractivity contribution < 1.29 is 28.5 Å². The van der Waals surface area contributed by atoms with Gasteiger partial charge in [-0.2, -0.15) is 0 Å². The average molecular weight is 567 g/mol. The fraction of sp³-hybridized carbons (Fsp3) is 0.0541. The van der Waals surface area contributed by atoms with Crippen LogP contribution in [0.1, 0.15) is 33.0 Å². The van der Waals surface area contributed by atoms with Gasteiger partial charge in [-0.05, 0) is 42.0 Å². The summed E-state index contributed by atoms with van der Waals surface area (Å²) in [4.78, 5) is 12.3. The molecule has 0 amide bonds. The minimum Gasteiger partial charge on any atom is -0.465 e. The lowest BCUT2D eigenvalue weighted by Crippen LogP contribution is -2.24. The quantitative estimate of drug-likeness (QED) is 0.193. The maximum absolute atomic E-state index is 12.3. The van der Waals surface area contributed by atoms with E-state index in [0.717, 1.165) is 16.7 Å². The van der Waals surface area contributed by atoms with Crippen molar-refractivity contribution in [3.05, 3.63) is 167 Å². The van der Waals surface area contributed by atoms with Gasteiger partial charge in [0.05, 0.1) is 12.7 Å². The third-order valence-corrected chi connectivity index (χ3v) is 7.27. The number of methoxy groups -OCH3 is 1. The highest BCUT2D eigenvalue weighted by Gasteiger charge is 2.38. The molecule has 0 N–H and O–H groups in total. The van der Waals surface area contributed by atoms with Gasteiger partial charge in [0.1, 0.15) is 5.92 Å². The first-order chi connectivity index (χ1) is 21.2. The molecule has 6 nitrogen and oxygen atoms in total. The second-order valence-corrected chi connectivity index (χ2v) is 9.97. The van der Waals surface area contributed by atoms with Crippen LogP contribution in [0.5, 0.6) is 23.0 Å². The molecule has 5 aromatic carbocycles. The van der Waals surface area contributed by atoms with Crippen molar-refractivity contribution in [3.63, 3.8) is 0 Å². The number of hydrogen-bond acceptors (Lipinski definition) is 6. The van der Waals surface area contributed by atoms with Gasteiger partial charge in [-0.3, -0.25) is 0 Å². The molecule has 2 heterocycles. The summed E-state index contributed by atoms with van der Waals surface area (Å²) in [7, 11) is 1.36. The maximum atomic E-state index is 12.3. The van der Waals surface area contributed by atoms with Gasteiger partial charge in [-0.1, -0.05) is 97.1 Å². The van der Waals surface area contributed by atoms with Gasteiger partial charge in [0.25, 0.3) is 0 Å². The van der Waals surface area contributed by atoms with Crippen LogP contribution in [-0.2, 0) is 4.74 Å². The van der Waals surface area contributed by atoms with Gasteiger partial charge >= 0.3 is 5.97 Å². The summed E-state index contributed by atoms with van der Waals surface area (Å²) in [6.07, 6.45) is 0. The van der Waals surface area contributed by atoms with Crippen molar-refractivity contribution in [1.82, 2.24) is 0 Å². The second kappa shape index (κ2) is 11.3. The van der Waals surface area contributed by atoms with Crippen LogP contribution in [0, 0.1) is 0 Å². The Morgan fingerprint density at radius 1 is 0.512 bits per heavy atom. The molecule has 0 bridgehead atoms. The molecule has 43 heavy (non-hydrogen) atoms. The first kappa shape index (κ1) is 26.2. The van der Waals surface area contributed by atoms with E-state index in [9.17, 15) is 4.79 Å². The number of ether oxygens (including phenoxy) is 5. The van der Waals surface area contributed by atoms with Crippen LogP contribution in [-0.4, -0.2) is 13.1 Å². The number of rotatable bonds is 6. The monoisotopic (exact) mass is 566 g/mol. The molecule has 7 rings (SSSR count). The number of carbonyl (C=O) groups is 1. The summed E-state index contributed by atoms with van der Waals surface area (Å²) < 4.78 is 31.6. The highest BCUT2D eigenvalue weighted by atomic mass is 16.6. The summed E-state index contributed by atoms with van der Waals surface area (Å²) in [6, 6.07) is 41.9. The first-order valence-electron chi connectivity index (χ1n) is 13.9. The number of fused-ring (bicyclic) bond motifs is 2. The van der Waals surface area contributed by atoms with Crippen molar-refractivity contribution >= 4 is 17.5 Å². The van der Waals surface area contributed by atoms with Crippen molar-refractivity contribution in [2.24, 2.45) is 0 Å². The van der Waals surface area contributed by atoms with Gasteiger partial charge < -0.3 is 23.7 Å². The largest absolute Gasteiger partial charge is 0.465 e. The van der Waals surface area contributed by atoms with Gasteiger partial charge in [0, 0.05) is 11.1 Å². The lowest BCUT2D eigenvalue weighted by molar-refractivity contribution is 0.0600. The van der Waals surface area contributed by atoms with Crippen LogP contribution < -0.4 is 18.9 Å². The number of carbonyl (C=O) groups excluding carboxylic acids is 1. The Kier molecular flexibility index (Phi) is 6.85. The third kappa shape index (κ3) is 5.00. The van der Waals surface area contributed by atoms with E-state index in [4.69, 9.17) is 23.7 Å². The predicted octanol–water partition coefficient (Wildman–Crippen LogP) is 8.24. The molecule has 0 atom stereocenters. The molecule has 0 aliphatic carbocycles. The smallest absolute Gasteiger partial charge is 0.337 e. The molecular weight excluding hydrogens is 540 g/mol. The average Bonchev–Trinajstić information content (AvgIpc) is 3.08. The van der Waals surface area contributed by atoms with E-state index < -0.39 is 11.9 Å². The Morgan fingerprint density at radius 3 is 1.33 bits per heavy atom. The van der Waals surface area contributed by atoms with E-state index in [1.54, 1.807) is 12.1 Å². The zero-order chi connectivity index (χ0) is 29.2. The van der Waals surface area contributed by atoms with E-state index in [1.807, 2.05) is 121 Å². The molecule has 2 aliphatic rings. The van der Waals surface area contributed by atoms with Crippen LogP contribution in [0.4, 0.5) is 0 Å². The molecular formula is C37H26O6. The highest BCUT2D eigenvalue weighted by molar-refractivity contribution is 5.89. The lowest BCUT2D eigenvalue weighted by Gasteiger charge is -2.33. The summed E-state index contributed by atoms with van der Waals surface area (Å²) >= 11 is 0. The number of hydrogen-bond donors (Lipinski definition) is 0. The number of esters is 1. The number of para-hydroxylation sites is 4. The van der Waals surface area contributed by atoms with E-state index in [1.165, 1.54) is 7.11 Å². The molecule has 0 spiro atoms. The van der Waals surface area contributed by atoms with Crippen LogP contribution in [0.25, 0.3) is 11.5 Å². The van der Waals surface area contributed by atoms with Crippen LogP contribution in [0.3, 0.4) is 0 Å². The molecule has 0 unspecified atom stereocenters. The minimum absolute atomic E-state index is 0.422. The Balaban J connectivity index is 1.50. The van der Waals surface area contributed by atoms with E-state index in [2.05, 4.69) is 0 Å². The summed E-state index contributed by atoms with van der Waals surface area (Å²) in [6.45, 7) is 0. The van der Waals surface area contributed by atoms with Gasteiger partial charge in [0.15, 0.2) is 46.0 Å². The Labute approximate surface area is 249 Å². The van der Waals surface area contributed by atoms with E-state index in [0.29, 0.717) is 51.6 Å². The molecule has 0 radical (unpaired) electrons. The Hall–Kier alpha value is -5.75. The van der Waals surface area contributed by atoms with Crippen LogP contribution in [0.2, 0.25) is 0 Å². The third-order valence-electron chi connectivity index (χ3n) is 7.27.